The van der Waals surface area contributed by atoms with Crippen LogP contribution in [0.1, 0.15) is 5.56 Å². The van der Waals surface area contributed by atoms with E-state index in [0.29, 0.717) is 5.69 Å². The van der Waals surface area contributed by atoms with Crippen molar-refractivity contribution in [1.29, 1.82) is 0 Å². The maximum atomic E-state index is 12.8. The Balaban J connectivity index is 0.000001000. The monoisotopic (exact) mass is 177 g/mol. The molecule has 1 aromatic carbocycles. The van der Waals surface area contributed by atoms with Crippen molar-refractivity contribution in [1.82, 2.24) is 0 Å². The SMILES string of the molecule is CNc1c(C)c[c-]cc1F.[K+]. The summed E-state index contributed by atoms with van der Waals surface area (Å²) < 4.78 is 12.8. The van der Waals surface area contributed by atoms with Crippen LogP contribution < -0.4 is 56.7 Å². The van der Waals surface area contributed by atoms with Crippen LogP contribution in [-0.4, -0.2) is 7.05 Å². The van der Waals surface area contributed by atoms with Gasteiger partial charge in [0, 0.05) is 12.9 Å². The Hall–Kier alpha value is 0.586. The minimum Gasteiger partial charge on any atom is -0.406 e. The molecule has 0 fully saturated rings. The van der Waals surface area contributed by atoms with E-state index in [1.165, 1.54) is 6.07 Å². The van der Waals surface area contributed by atoms with Crippen molar-refractivity contribution in [2.75, 3.05) is 12.4 Å². The van der Waals surface area contributed by atoms with E-state index in [4.69, 9.17) is 0 Å². The van der Waals surface area contributed by atoms with Gasteiger partial charge in [-0.25, -0.2) is 0 Å². The smallest absolute Gasteiger partial charge is 0.406 e. The molecular formula is C8H9FKN. The second-order valence-electron chi connectivity index (χ2n) is 2.11. The summed E-state index contributed by atoms with van der Waals surface area (Å²) in [6.45, 7) is 1.84. The zero-order chi connectivity index (χ0) is 7.56. The standard InChI is InChI=1S/C8H9FN.K/c1-6-4-3-5-7(9)8(6)10-2;/h4-5,10H,1-2H3;/q-1;+1. The van der Waals surface area contributed by atoms with Gasteiger partial charge in [-0.05, 0) is 5.69 Å². The molecular weight excluding hydrogens is 168 g/mol. The molecule has 0 radical (unpaired) electrons. The first-order valence-corrected chi connectivity index (χ1v) is 3.09. The zero-order valence-electron chi connectivity index (χ0n) is 7.03. The molecule has 0 bridgehead atoms. The van der Waals surface area contributed by atoms with Gasteiger partial charge in [-0.15, -0.1) is 11.6 Å². The minimum absolute atomic E-state index is 0. The van der Waals surface area contributed by atoms with Gasteiger partial charge in [0.2, 0.25) is 0 Å². The van der Waals surface area contributed by atoms with E-state index >= 15 is 0 Å². The molecule has 0 aliphatic rings. The molecule has 0 atom stereocenters. The molecule has 0 amide bonds. The van der Waals surface area contributed by atoms with Crippen LogP contribution in [-0.2, 0) is 0 Å². The third kappa shape index (κ3) is 2.84. The summed E-state index contributed by atoms with van der Waals surface area (Å²) in [5.41, 5.74) is 1.43. The fourth-order valence-corrected chi connectivity index (χ4v) is 0.889. The molecule has 1 aromatic rings. The Morgan fingerprint density at radius 1 is 1.45 bits per heavy atom. The number of rotatable bonds is 1. The number of halogens is 1. The summed E-state index contributed by atoms with van der Waals surface area (Å²) in [6.07, 6.45) is 0. The van der Waals surface area contributed by atoms with Gasteiger partial charge in [0.05, 0.1) is 0 Å². The normalized spacial score (nSPS) is 8.64. The van der Waals surface area contributed by atoms with E-state index in [1.807, 2.05) is 6.92 Å². The van der Waals surface area contributed by atoms with Crippen LogP contribution in [0, 0.1) is 18.8 Å². The van der Waals surface area contributed by atoms with Gasteiger partial charge in [-0.1, -0.05) is 6.92 Å². The molecule has 1 N–H and O–H groups in total. The van der Waals surface area contributed by atoms with E-state index in [9.17, 15) is 4.39 Å². The first kappa shape index (κ1) is 11.6. The number of aryl methyl sites for hydroxylation is 1. The largest absolute Gasteiger partial charge is 1.00 e. The Bertz CT molecular complexity index is 217. The molecule has 0 unspecified atom stereocenters. The predicted molar refractivity (Wildman–Crippen MR) is 39.5 cm³/mol. The molecule has 3 heteroatoms. The molecule has 11 heavy (non-hydrogen) atoms. The average Bonchev–Trinajstić information content (AvgIpc) is 1.88. The van der Waals surface area contributed by atoms with E-state index in [1.54, 1.807) is 13.1 Å². The number of hydrogen-bond donors (Lipinski definition) is 1. The molecule has 0 saturated carbocycles. The Morgan fingerprint density at radius 2 is 2.09 bits per heavy atom. The molecule has 0 spiro atoms. The molecule has 0 saturated heterocycles. The van der Waals surface area contributed by atoms with E-state index in [2.05, 4.69) is 11.4 Å². The van der Waals surface area contributed by atoms with Gasteiger partial charge in [-0.3, -0.25) is 4.39 Å². The van der Waals surface area contributed by atoms with E-state index < -0.39 is 0 Å². The van der Waals surface area contributed by atoms with Crippen LogP contribution >= 0.6 is 0 Å². The second kappa shape index (κ2) is 5.27. The van der Waals surface area contributed by atoms with E-state index in [0.717, 1.165) is 5.56 Å². The summed E-state index contributed by atoms with van der Waals surface area (Å²) in [5.74, 6) is -0.248. The maximum absolute atomic E-state index is 12.8. The summed E-state index contributed by atoms with van der Waals surface area (Å²) >= 11 is 0. The predicted octanol–water partition coefficient (Wildman–Crippen LogP) is -1.02. The summed E-state index contributed by atoms with van der Waals surface area (Å²) in [6, 6.07) is 5.75. The topological polar surface area (TPSA) is 12.0 Å². The quantitative estimate of drug-likeness (QED) is 0.428. The summed E-state index contributed by atoms with van der Waals surface area (Å²) in [4.78, 5) is 0. The van der Waals surface area contributed by atoms with Crippen molar-refractivity contribution < 1.29 is 55.8 Å². The molecule has 0 heterocycles. The number of nitrogens with one attached hydrogen (secondary N) is 1. The zero-order valence-corrected chi connectivity index (χ0v) is 10.2. The van der Waals surface area contributed by atoms with E-state index in [-0.39, 0.29) is 57.2 Å². The van der Waals surface area contributed by atoms with Crippen molar-refractivity contribution in [3.8, 4) is 0 Å². The summed E-state index contributed by atoms with van der Waals surface area (Å²) in [5, 5.41) is 2.77. The number of hydrogen-bond acceptors (Lipinski definition) is 1. The Kier molecular flexibility index (Phi) is 5.55. The Labute approximate surface area is 109 Å². The molecule has 1 nitrogen and oxygen atoms in total. The number of anilines is 1. The van der Waals surface area contributed by atoms with Crippen molar-refractivity contribution in [2.24, 2.45) is 0 Å². The first-order valence-electron chi connectivity index (χ1n) is 3.09. The minimum atomic E-state index is -0.248. The van der Waals surface area contributed by atoms with Gasteiger partial charge in [0.1, 0.15) is 0 Å². The molecule has 54 valence electrons. The molecule has 0 aromatic heterocycles. The second-order valence-corrected chi connectivity index (χ2v) is 2.11. The van der Waals surface area contributed by atoms with Crippen molar-refractivity contribution in [2.45, 2.75) is 6.92 Å². The van der Waals surface area contributed by atoms with Crippen LogP contribution in [0.2, 0.25) is 0 Å². The molecule has 1 rings (SSSR count). The van der Waals surface area contributed by atoms with Crippen LogP contribution in [0.5, 0.6) is 0 Å². The summed E-state index contributed by atoms with van der Waals surface area (Å²) in [7, 11) is 1.70. The third-order valence-corrected chi connectivity index (χ3v) is 1.39. The molecule has 0 aliphatic carbocycles. The van der Waals surface area contributed by atoms with Crippen molar-refractivity contribution in [3.05, 3.63) is 29.6 Å². The van der Waals surface area contributed by atoms with Crippen LogP contribution in [0.15, 0.2) is 12.1 Å². The average molecular weight is 177 g/mol. The Morgan fingerprint density at radius 3 is 2.45 bits per heavy atom. The van der Waals surface area contributed by atoms with Crippen molar-refractivity contribution in [3.63, 3.8) is 0 Å². The van der Waals surface area contributed by atoms with Gasteiger partial charge < -0.3 is 5.32 Å². The third-order valence-electron chi connectivity index (χ3n) is 1.39. The van der Waals surface area contributed by atoms with Crippen LogP contribution in [0.3, 0.4) is 0 Å². The molecule has 0 aliphatic heterocycles. The first-order chi connectivity index (χ1) is 4.75. The fraction of sp³-hybridized carbons (Fsp3) is 0.250. The maximum Gasteiger partial charge on any atom is 1.00 e. The fourth-order valence-electron chi connectivity index (χ4n) is 0.889. The number of benzene rings is 1. The van der Waals surface area contributed by atoms with Crippen molar-refractivity contribution >= 4 is 5.69 Å². The van der Waals surface area contributed by atoms with Crippen LogP contribution in [0.25, 0.3) is 0 Å². The van der Waals surface area contributed by atoms with Gasteiger partial charge >= 0.3 is 51.4 Å². The van der Waals surface area contributed by atoms with Gasteiger partial charge in [0.25, 0.3) is 0 Å². The van der Waals surface area contributed by atoms with Crippen LogP contribution in [0.4, 0.5) is 10.1 Å². The van der Waals surface area contributed by atoms with Gasteiger partial charge in [-0.2, -0.15) is 12.1 Å². The van der Waals surface area contributed by atoms with Gasteiger partial charge in [0.15, 0.2) is 0 Å².